The van der Waals surface area contributed by atoms with E-state index in [4.69, 9.17) is 5.11 Å². The molecule has 0 unspecified atom stereocenters. The van der Waals surface area contributed by atoms with E-state index in [9.17, 15) is 23.3 Å². The molecular weight excluding hydrogens is 338 g/mol. The van der Waals surface area contributed by atoms with Crippen molar-refractivity contribution in [2.24, 2.45) is 0 Å². The van der Waals surface area contributed by atoms with E-state index < -0.39 is 33.1 Å². The average molecular weight is 357 g/mol. The third-order valence-electron chi connectivity index (χ3n) is 3.88. The zero-order chi connectivity index (χ0) is 17.9. The Hall–Kier alpha value is -2.20. The molecule has 0 aromatic heterocycles. The molecule has 0 bridgehead atoms. The molecule has 0 spiro atoms. The zero-order valence-corrected chi connectivity index (χ0v) is 14.0. The van der Waals surface area contributed by atoms with Crippen molar-refractivity contribution >= 4 is 27.4 Å². The van der Waals surface area contributed by atoms with E-state index in [1.807, 2.05) is 0 Å². The maximum Gasteiger partial charge on any atom is 0.323 e. The minimum Gasteiger partial charge on any atom is -0.480 e. The molecule has 0 amide bonds. The molecule has 1 aliphatic heterocycles. The molecule has 10 heteroatoms. The monoisotopic (exact) mass is 357 g/mol. The molecule has 132 valence electrons. The summed E-state index contributed by atoms with van der Waals surface area (Å²) >= 11 is 0. The number of nitrogens with zero attached hydrogens (tertiary/aromatic N) is 3. The molecule has 9 nitrogen and oxygen atoms in total. The third-order valence-corrected chi connectivity index (χ3v) is 5.77. The van der Waals surface area contributed by atoms with E-state index >= 15 is 0 Å². The summed E-state index contributed by atoms with van der Waals surface area (Å²) < 4.78 is 26.6. The number of carboxylic acids is 1. The molecular formula is C14H19N3O6S. The van der Waals surface area contributed by atoms with Crippen molar-refractivity contribution in [3.8, 4) is 0 Å². The van der Waals surface area contributed by atoms with Crippen LogP contribution < -0.4 is 4.90 Å². The minimum absolute atomic E-state index is 0.0556. The molecule has 1 saturated heterocycles. The van der Waals surface area contributed by atoms with Crippen molar-refractivity contribution in [1.82, 2.24) is 4.31 Å². The van der Waals surface area contributed by atoms with E-state index in [0.29, 0.717) is 13.1 Å². The van der Waals surface area contributed by atoms with Crippen LogP contribution in [-0.4, -0.2) is 55.4 Å². The van der Waals surface area contributed by atoms with Crippen LogP contribution in [0.2, 0.25) is 0 Å². The fourth-order valence-corrected chi connectivity index (χ4v) is 4.21. The topological polar surface area (TPSA) is 121 Å². The summed E-state index contributed by atoms with van der Waals surface area (Å²) in [5.74, 6) is -1.14. The SMILES string of the molecule is CN(CC(=O)O)c1ccc(S(=O)(=O)N2CCCCC2)cc1[N+](=O)[O-]. The summed E-state index contributed by atoms with van der Waals surface area (Å²) in [5, 5.41) is 20.1. The lowest BCUT2D eigenvalue weighted by Gasteiger charge is -2.26. The summed E-state index contributed by atoms with van der Waals surface area (Å²) in [6.45, 7) is 0.368. The summed E-state index contributed by atoms with van der Waals surface area (Å²) in [6, 6.07) is 3.56. The summed E-state index contributed by atoms with van der Waals surface area (Å²) in [5.41, 5.74) is -0.378. The number of nitro groups is 1. The molecule has 2 rings (SSSR count). The molecule has 0 atom stereocenters. The first-order valence-corrected chi connectivity index (χ1v) is 8.89. The molecule has 1 aliphatic rings. The number of piperidine rings is 1. The normalized spacial score (nSPS) is 15.9. The Morgan fingerprint density at radius 3 is 2.50 bits per heavy atom. The highest BCUT2D eigenvalue weighted by molar-refractivity contribution is 7.89. The van der Waals surface area contributed by atoms with Gasteiger partial charge in [0.1, 0.15) is 12.2 Å². The van der Waals surface area contributed by atoms with E-state index in [0.717, 1.165) is 25.3 Å². The van der Waals surface area contributed by atoms with Crippen LogP contribution in [0, 0.1) is 10.1 Å². The van der Waals surface area contributed by atoms with Gasteiger partial charge in [-0.05, 0) is 25.0 Å². The van der Waals surface area contributed by atoms with E-state index in [1.54, 1.807) is 0 Å². The number of carbonyl (C=O) groups is 1. The lowest BCUT2D eigenvalue weighted by molar-refractivity contribution is -0.384. The van der Waals surface area contributed by atoms with Crippen LogP contribution in [0.1, 0.15) is 19.3 Å². The summed E-state index contributed by atoms with van der Waals surface area (Å²) in [6.07, 6.45) is 2.49. The highest BCUT2D eigenvalue weighted by atomic mass is 32.2. The smallest absolute Gasteiger partial charge is 0.323 e. The number of rotatable bonds is 6. The molecule has 1 aromatic rings. The number of hydrogen-bond donors (Lipinski definition) is 1. The van der Waals surface area contributed by atoms with E-state index in [1.165, 1.54) is 28.4 Å². The Balaban J connectivity index is 2.41. The van der Waals surface area contributed by atoms with E-state index in [-0.39, 0.29) is 10.6 Å². The van der Waals surface area contributed by atoms with Crippen molar-refractivity contribution < 1.29 is 23.2 Å². The Morgan fingerprint density at radius 2 is 1.96 bits per heavy atom. The number of hydrogen-bond acceptors (Lipinski definition) is 6. The first kappa shape index (κ1) is 18.1. The quantitative estimate of drug-likeness (QED) is 0.601. The average Bonchev–Trinajstić information content (AvgIpc) is 2.54. The third kappa shape index (κ3) is 3.82. The first-order valence-electron chi connectivity index (χ1n) is 7.45. The van der Waals surface area contributed by atoms with Crippen molar-refractivity contribution in [1.29, 1.82) is 0 Å². The summed E-state index contributed by atoms with van der Waals surface area (Å²) in [4.78, 5) is 22.4. The Bertz CT molecular complexity index is 743. The van der Waals surface area contributed by atoms with Gasteiger partial charge in [-0.2, -0.15) is 4.31 Å². The number of likely N-dealkylation sites (N-methyl/N-ethyl adjacent to an activating group) is 1. The van der Waals surface area contributed by atoms with Gasteiger partial charge in [-0.25, -0.2) is 8.42 Å². The second-order valence-electron chi connectivity index (χ2n) is 5.62. The van der Waals surface area contributed by atoms with Crippen molar-refractivity contribution in [3.63, 3.8) is 0 Å². The molecule has 24 heavy (non-hydrogen) atoms. The number of carboxylic acid groups (broad SMARTS) is 1. The number of benzene rings is 1. The molecule has 1 N–H and O–H groups in total. The lowest BCUT2D eigenvalue weighted by atomic mass is 10.2. The van der Waals surface area contributed by atoms with Crippen molar-refractivity contribution in [2.45, 2.75) is 24.2 Å². The maximum absolute atomic E-state index is 12.6. The van der Waals surface area contributed by atoms with Crippen molar-refractivity contribution in [2.75, 3.05) is 31.6 Å². The molecule has 1 aromatic carbocycles. The number of sulfonamides is 1. The van der Waals surface area contributed by atoms with Crippen molar-refractivity contribution in [3.05, 3.63) is 28.3 Å². The fourth-order valence-electron chi connectivity index (χ4n) is 2.68. The minimum atomic E-state index is -3.79. The van der Waals surface area contributed by atoms with Gasteiger partial charge in [-0.15, -0.1) is 0 Å². The Morgan fingerprint density at radius 1 is 1.33 bits per heavy atom. The molecule has 0 saturated carbocycles. The maximum atomic E-state index is 12.6. The van der Waals surface area contributed by atoms with Crippen LogP contribution in [0.25, 0.3) is 0 Å². The van der Waals surface area contributed by atoms with Gasteiger partial charge in [0.2, 0.25) is 10.0 Å². The standard InChI is InChI=1S/C14H19N3O6S/c1-15(10-14(18)19)12-6-5-11(9-13(12)17(20)21)24(22,23)16-7-3-2-4-8-16/h5-6,9H,2-4,7-8,10H2,1H3,(H,18,19). The van der Waals surface area contributed by atoms with Crippen LogP contribution in [-0.2, 0) is 14.8 Å². The molecule has 1 fully saturated rings. The van der Waals surface area contributed by atoms with Crippen LogP contribution >= 0.6 is 0 Å². The first-order chi connectivity index (χ1) is 11.2. The predicted octanol–water partition coefficient (Wildman–Crippen LogP) is 1.29. The summed E-state index contributed by atoms with van der Waals surface area (Å²) in [7, 11) is -2.39. The van der Waals surface area contributed by atoms with Crippen LogP contribution in [0.5, 0.6) is 0 Å². The zero-order valence-electron chi connectivity index (χ0n) is 13.2. The highest BCUT2D eigenvalue weighted by Crippen LogP contribution is 2.31. The second kappa shape index (κ2) is 7.14. The van der Waals surface area contributed by atoms with Crippen LogP contribution in [0.3, 0.4) is 0 Å². The van der Waals surface area contributed by atoms with E-state index in [2.05, 4.69) is 0 Å². The number of nitro benzene ring substituents is 1. The molecule has 0 radical (unpaired) electrons. The Labute approximate surface area is 139 Å². The lowest BCUT2D eigenvalue weighted by Crippen LogP contribution is -2.35. The fraction of sp³-hybridized carbons (Fsp3) is 0.500. The molecule has 1 heterocycles. The number of anilines is 1. The van der Waals surface area contributed by atoms with Gasteiger partial charge in [0.25, 0.3) is 5.69 Å². The molecule has 0 aliphatic carbocycles. The van der Waals surface area contributed by atoms with Crippen LogP contribution in [0.4, 0.5) is 11.4 Å². The van der Waals surface area contributed by atoms with Gasteiger partial charge in [-0.3, -0.25) is 14.9 Å². The largest absolute Gasteiger partial charge is 0.480 e. The van der Waals surface area contributed by atoms with Crippen LogP contribution in [0.15, 0.2) is 23.1 Å². The predicted molar refractivity (Wildman–Crippen MR) is 86.6 cm³/mol. The number of aliphatic carboxylic acids is 1. The van der Waals surface area contributed by atoms with Gasteiger partial charge in [0, 0.05) is 26.2 Å². The van der Waals surface area contributed by atoms with Gasteiger partial charge in [0.05, 0.1) is 9.82 Å². The second-order valence-corrected chi connectivity index (χ2v) is 7.56. The Kier molecular flexibility index (Phi) is 5.40. The van der Waals surface area contributed by atoms with Gasteiger partial charge in [-0.1, -0.05) is 6.42 Å². The highest BCUT2D eigenvalue weighted by Gasteiger charge is 2.29. The van der Waals surface area contributed by atoms with Gasteiger partial charge in [0.15, 0.2) is 0 Å². The van der Waals surface area contributed by atoms with Gasteiger partial charge >= 0.3 is 5.97 Å². The van der Waals surface area contributed by atoms with Gasteiger partial charge < -0.3 is 10.0 Å².